The number of benzene rings is 2. The standard InChI is InChI=1S/C20H19F3N2O3/c1-28-15-4-2-3-12(9-15)10-18(26)25-17-8-7-14(11-16(17)20(21,22)23)24-19(27)13-5-6-13/h2-4,7-9,11,13H,5-6,10H2,1H3,(H,24,27)(H,25,26). The Hall–Kier alpha value is -3.03. The second-order valence-electron chi connectivity index (χ2n) is 6.60. The third kappa shape index (κ3) is 5.03. The van der Waals surface area contributed by atoms with Gasteiger partial charge in [0.05, 0.1) is 24.8 Å². The van der Waals surface area contributed by atoms with Crippen LogP contribution < -0.4 is 15.4 Å². The molecule has 8 heteroatoms. The zero-order valence-electron chi connectivity index (χ0n) is 15.1. The SMILES string of the molecule is COc1cccc(CC(=O)Nc2ccc(NC(=O)C3CC3)cc2C(F)(F)F)c1. The fraction of sp³-hybridized carbons (Fsp3) is 0.300. The number of anilines is 2. The Kier molecular flexibility index (Phi) is 5.58. The summed E-state index contributed by atoms with van der Waals surface area (Å²) in [7, 11) is 1.48. The Bertz CT molecular complexity index is 893. The van der Waals surface area contributed by atoms with Crippen LogP contribution in [0.4, 0.5) is 24.5 Å². The molecule has 148 valence electrons. The van der Waals surface area contributed by atoms with Gasteiger partial charge in [-0.05, 0) is 48.7 Å². The number of ether oxygens (including phenoxy) is 1. The highest BCUT2D eigenvalue weighted by atomic mass is 19.4. The highest BCUT2D eigenvalue weighted by Gasteiger charge is 2.35. The van der Waals surface area contributed by atoms with E-state index in [1.54, 1.807) is 24.3 Å². The third-order valence-corrected chi connectivity index (χ3v) is 4.31. The van der Waals surface area contributed by atoms with Gasteiger partial charge in [-0.15, -0.1) is 0 Å². The van der Waals surface area contributed by atoms with Crippen molar-refractivity contribution in [2.75, 3.05) is 17.7 Å². The lowest BCUT2D eigenvalue weighted by molar-refractivity contribution is -0.137. The Morgan fingerprint density at radius 3 is 2.50 bits per heavy atom. The largest absolute Gasteiger partial charge is 0.497 e. The highest BCUT2D eigenvalue weighted by molar-refractivity contribution is 5.96. The summed E-state index contributed by atoms with van der Waals surface area (Å²) in [6.07, 6.45) is -3.29. The third-order valence-electron chi connectivity index (χ3n) is 4.31. The number of hydrogen-bond acceptors (Lipinski definition) is 3. The van der Waals surface area contributed by atoms with Crippen LogP contribution in [-0.4, -0.2) is 18.9 Å². The van der Waals surface area contributed by atoms with Gasteiger partial charge in [0.15, 0.2) is 0 Å². The van der Waals surface area contributed by atoms with E-state index in [1.165, 1.54) is 13.2 Å². The van der Waals surface area contributed by atoms with Crippen LogP contribution in [0.3, 0.4) is 0 Å². The fourth-order valence-corrected chi connectivity index (χ4v) is 2.72. The minimum absolute atomic E-state index is 0.0509. The number of methoxy groups -OCH3 is 1. The van der Waals surface area contributed by atoms with Crippen LogP contribution in [0.2, 0.25) is 0 Å². The van der Waals surface area contributed by atoms with Crippen molar-refractivity contribution >= 4 is 23.2 Å². The van der Waals surface area contributed by atoms with Crippen molar-refractivity contribution in [1.82, 2.24) is 0 Å². The number of carbonyl (C=O) groups is 2. The van der Waals surface area contributed by atoms with Gasteiger partial charge in [-0.1, -0.05) is 12.1 Å². The molecule has 2 aromatic carbocycles. The maximum Gasteiger partial charge on any atom is 0.418 e. The van der Waals surface area contributed by atoms with Gasteiger partial charge in [-0.25, -0.2) is 0 Å². The summed E-state index contributed by atoms with van der Waals surface area (Å²) in [5.74, 6) is -0.454. The monoisotopic (exact) mass is 392 g/mol. The van der Waals surface area contributed by atoms with Gasteiger partial charge in [-0.2, -0.15) is 13.2 Å². The van der Waals surface area contributed by atoms with Crippen LogP contribution in [0.1, 0.15) is 24.0 Å². The molecule has 1 aliphatic rings. The average molecular weight is 392 g/mol. The number of rotatable bonds is 6. The van der Waals surface area contributed by atoms with Crippen LogP contribution in [0.25, 0.3) is 0 Å². The van der Waals surface area contributed by atoms with Crippen molar-refractivity contribution < 1.29 is 27.5 Å². The molecule has 0 bridgehead atoms. The molecule has 3 rings (SSSR count). The maximum atomic E-state index is 13.4. The summed E-state index contributed by atoms with van der Waals surface area (Å²) >= 11 is 0. The first-order valence-corrected chi connectivity index (χ1v) is 8.71. The van der Waals surface area contributed by atoms with E-state index in [-0.39, 0.29) is 29.6 Å². The van der Waals surface area contributed by atoms with Crippen molar-refractivity contribution in [3.8, 4) is 5.75 Å². The lowest BCUT2D eigenvalue weighted by atomic mass is 10.1. The second kappa shape index (κ2) is 7.92. The zero-order valence-corrected chi connectivity index (χ0v) is 15.1. The Labute approximate surface area is 159 Å². The lowest BCUT2D eigenvalue weighted by Crippen LogP contribution is -2.19. The summed E-state index contributed by atoms with van der Waals surface area (Å²) in [6, 6.07) is 10.1. The minimum Gasteiger partial charge on any atom is -0.497 e. The summed E-state index contributed by atoms with van der Waals surface area (Å²) < 4.78 is 45.4. The van der Waals surface area contributed by atoms with E-state index in [0.29, 0.717) is 11.3 Å². The summed E-state index contributed by atoms with van der Waals surface area (Å²) in [6.45, 7) is 0. The van der Waals surface area contributed by atoms with Gasteiger partial charge < -0.3 is 15.4 Å². The predicted octanol–water partition coefficient (Wildman–Crippen LogP) is 4.24. The van der Waals surface area contributed by atoms with Crippen LogP contribution in [0.5, 0.6) is 5.75 Å². The number of alkyl halides is 3. The first-order chi connectivity index (χ1) is 13.3. The molecule has 1 saturated carbocycles. The van der Waals surface area contributed by atoms with Gasteiger partial charge >= 0.3 is 6.18 Å². The molecule has 2 amide bonds. The molecule has 2 aromatic rings. The second-order valence-corrected chi connectivity index (χ2v) is 6.60. The highest BCUT2D eigenvalue weighted by Crippen LogP contribution is 2.37. The molecule has 0 atom stereocenters. The molecule has 0 heterocycles. The molecular weight excluding hydrogens is 373 g/mol. The van der Waals surface area contributed by atoms with Gasteiger partial charge in [0.25, 0.3) is 0 Å². The van der Waals surface area contributed by atoms with E-state index in [1.807, 2.05) is 0 Å². The van der Waals surface area contributed by atoms with E-state index < -0.39 is 17.6 Å². The molecule has 28 heavy (non-hydrogen) atoms. The molecule has 2 N–H and O–H groups in total. The fourth-order valence-electron chi connectivity index (χ4n) is 2.72. The number of hydrogen-bond donors (Lipinski definition) is 2. The van der Waals surface area contributed by atoms with Crippen LogP contribution in [0.15, 0.2) is 42.5 Å². The van der Waals surface area contributed by atoms with Gasteiger partial charge in [-0.3, -0.25) is 9.59 Å². The molecule has 0 spiro atoms. The molecule has 0 radical (unpaired) electrons. The number of nitrogens with one attached hydrogen (secondary N) is 2. The first-order valence-electron chi connectivity index (χ1n) is 8.71. The molecule has 0 saturated heterocycles. The molecule has 0 aliphatic heterocycles. The number of halogens is 3. The first kappa shape index (κ1) is 19.7. The van der Waals surface area contributed by atoms with E-state index in [9.17, 15) is 22.8 Å². The molecule has 1 aliphatic carbocycles. The molecular formula is C20H19F3N2O3. The van der Waals surface area contributed by atoms with Crippen LogP contribution in [-0.2, 0) is 22.2 Å². The van der Waals surface area contributed by atoms with Crippen molar-refractivity contribution in [3.63, 3.8) is 0 Å². The predicted molar refractivity (Wildman–Crippen MR) is 98.1 cm³/mol. The van der Waals surface area contributed by atoms with E-state index in [2.05, 4.69) is 10.6 Å². The molecule has 1 fully saturated rings. The van der Waals surface area contributed by atoms with E-state index >= 15 is 0 Å². The Morgan fingerprint density at radius 1 is 1.11 bits per heavy atom. The van der Waals surface area contributed by atoms with E-state index in [0.717, 1.165) is 25.0 Å². The smallest absolute Gasteiger partial charge is 0.418 e. The Balaban J connectivity index is 1.75. The number of amides is 2. The van der Waals surface area contributed by atoms with E-state index in [4.69, 9.17) is 4.74 Å². The topological polar surface area (TPSA) is 67.4 Å². The zero-order chi connectivity index (χ0) is 20.3. The molecule has 0 aromatic heterocycles. The van der Waals surface area contributed by atoms with Gasteiger partial charge in [0.1, 0.15) is 5.75 Å². The Morgan fingerprint density at radius 2 is 1.86 bits per heavy atom. The van der Waals surface area contributed by atoms with Crippen molar-refractivity contribution in [2.24, 2.45) is 5.92 Å². The molecule has 5 nitrogen and oxygen atoms in total. The van der Waals surface area contributed by atoms with Gasteiger partial charge in [0.2, 0.25) is 11.8 Å². The number of carbonyl (C=O) groups excluding carboxylic acids is 2. The van der Waals surface area contributed by atoms with Crippen molar-refractivity contribution in [1.29, 1.82) is 0 Å². The van der Waals surface area contributed by atoms with Crippen molar-refractivity contribution in [2.45, 2.75) is 25.4 Å². The van der Waals surface area contributed by atoms with Gasteiger partial charge in [0, 0.05) is 11.6 Å². The quantitative estimate of drug-likeness (QED) is 0.773. The summed E-state index contributed by atoms with van der Waals surface area (Å²) in [5, 5.41) is 4.79. The minimum atomic E-state index is -4.68. The van der Waals surface area contributed by atoms with Crippen LogP contribution >= 0.6 is 0 Å². The lowest BCUT2D eigenvalue weighted by Gasteiger charge is -2.16. The summed E-state index contributed by atoms with van der Waals surface area (Å²) in [5.41, 5.74) is -0.710. The summed E-state index contributed by atoms with van der Waals surface area (Å²) in [4.78, 5) is 24.0. The molecule has 0 unspecified atom stereocenters. The maximum absolute atomic E-state index is 13.4. The normalized spacial score (nSPS) is 13.7. The average Bonchev–Trinajstić information content (AvgIpc) is 3.47. The van der Waals surface area contributed by atoms with Crippen LogP contribution in [0, 0.1) is 5.92 Å². The van der Waals surface area contributed by atoms with Crippen molar-refractivity contribution in [3.05, 3.63) is 53.6 Å².